The highest BCUT2D eigenvalue weighted by Crippen LogP contribution is 2.27. The molecule has 5 nitrogen and oxygen atoms in total. The number of fused-ring (bicyclic) bond motifs is 1. The second kappa shape index (κ2) is 5.09. The van der Waals surface area contributed by atoms with Crippen molar-refractivity contribution in [3.63, 3.8) is 0 Å². The highest BCUT2D eigenvalue weighted by atomic mass is 16.3. The smallest absolute Gasteiger partial charge is 0.137 e. The quantitative estimate of drug-likeness (QED) is 0.718. The number of furan rings is 1. The molecule has 0 amide bonds. The van der Waals surface area contributed by atoms with Gasteiger partial charge in [0.25, 0.3) is 0 Å². The van der Waals surface area contributed by atoms with Crippen molar-refractivity contribution in [2.24, 2.45) is 0 Å². The van der Waals surface area contributed by atoms with Crippen molar-refractivity contribution >= 4 is 22.4 Å². The van der Waals surface area contributed by atoms with Crippen LogP contribution in [0.4, 0.5) is 11.5 Å². The lowest BCUT2D eigenvalue weighted by Gasteiger charge is -2.15. The molecule has 1 unspecified atom stereocenters. The minimum atomic E-state index is 0.0955. The molecule has 108 valence electrons. The van der Waals surface area contributed by atoms with Gasteiger partial charge in [0.05, 0.1) is 11.6 Å². The Balaban J connectivity index is 1.96. The van der Waals surface area contributed by atoms with E-state index in [1.807, 2.05) is 38.1 Å². The number of rotatable bonds is 3. The number of nitrogen functional groups attached to an aromatic ring is 1. The standard InChI is InChI=1S/C16H18N4O/c1-9-6-14(11(3)21-9)10(2)20-16-13-5-4-12(17)7-15(13)18-8-19-16/h4-8,10H,17H2,1-3H3,(H,18,19,20). The third-order valence-electron chi connectivity index (χ3n) is 3.56. The van der Waals surface area contributed by atoms with Gasteiger partial charge >= 0.3 is 0 Å². The van der Waals surface area contributed by atoms with Gasteiger partial charge in [-0.15, -0.1) is 0 Å². The summed E-state index contributed by atoms with van der Waals surface area (Å²) >= 11 is 0. The molecule has 2 aromatic heterocycles. The molecule has 0 bridgehead atoms. The number of nitrogens with two attached hydrogens (primary N) is 1. The van der Waals surface area contributed by atoms with E-state index in [1.165, 1.54) is 0 Å². The summed E-state index contributed by atoms with van der Waals surface area (Å²) in [7, 11) is 0. The topological polar surface area (TPSA) is 77.0 Å². The van der Waals surface area contributed by atoms with Crippen molar-refractivity contribution in [2.75, 3.05) is 11.1 Å². The molecule has 0 saturated carbocycles. The Morgan fingerprint density at radius 1 is 1.19 bits per heavy atom. The highest BCUT2D eigenvalue weighted by Gasteiger charge is 2.14. The average Bonchev–Trinajstić information content (AvgIpc) is 2.77. The molecule has 1 aromatic carbocycles. The number of benzene rings is 1. The highest BCUT2D eigenvalue weighted by molar-refractivity contribution is 5.90. The summed E-state index contributed by atoms with van der Waals surface area (Å²) in [5.41, 5.74) is 8.46. The fourth-order valence-electron chi connectivity index (χ4n) is 2.55. The Hall–Kier alpha value is -2.56. The maximum Gasteiger partial charge on any atom is 0.137 e. The fourth-order valence-corrected chi connectivity index (χ4v) is 2.55. The van der Waals surface area contributed by atoms with Crippen molar-refractivity contribution in [1.82, 2.24) is 9.97 Å². The van der Waals surface area contributed by atoms with Crippen LogP contribution in [0.15, 0.2) is 35.0 Å². The number of aryl methyl sites for hydroxylation is 2. The van der Waals surface area contributed by atoms with Crippen LogP contribution in [0.3, 0.4) is 0 Å². The van der Waals surface area contributed by atoms with E-state index < -0.39 is 0 Å². The van der Waals surface area contributed by atoms with Gasteiger partial charge in [-0.25, -0.2) is 9.97 Å². The van der Waals surface area contributed by atoms with Gasteiger partial charge in [0.2, 0.25) is 0 Å². The number of nitrogens with one attached hydrogen (secondary N) is 1. The predicted molar refractivity (Wildman–Crippen MR) is 84.2 cm³/mol. The van der Waals surface area contributed by atoms with Gasteiger partial charge in [0.15, 0.2) is 0 Å². The molecule has 0 aliphatic rings. The number of aromatic nitrogens is 2. The summed E-state index contributed by atoms with van der Waals surface area (Å²) in [6, 6.07) is 7.79. The van der Waals surface area contributed by atoms with E-state index in [2.05, 4.69) is 22.2 Å². The van der Waals surface area contributed by atoms with Crippen LogP contribution < -0.4 is 11.1 Å². The molecule has 21 heavy (non-hydrogen) atoms. The maximum absolute atomic E-state index is 5.80. The Morgan fingerprint density at radius 3 is 2.71 bits per heavy atom. The van der Waals surface area contributed by atoms with Gasteiger partial charge < -0.3 is 15.5 Å². The molecule has 3 rings (SSSR count). The van der Waals surface area contributed by atoms with E-state index in [4.69, 9.17) is 10.2 Å². The number of hydrogen-bond acceptors (Lipinski definition) is 5. The first-order valence-electron chi connectivity index (χ1n) is 6.88. The molecule has 0 saturated heterocycles. The van der Waals surface area contributed by atoms with Crippen LogP contribution in [0.1, 0.15) is 30.0 Å². The first-order valence-corrected chi connectivity index (χ1v) is 6.88. The molecule has 3 aromatic rings. The van der Waals surface area contributed by atoms with Gasteiger partial charge in [-0.05, 0) is 45.0 Å². The van der Waals surface area contributed by atoms with Gasteiger partial charge in [-0.1, -0.05) is 0 Å². The minimum Gasteiger partial charge on any atom is -0.466 e. The van der Waals surface area contributed by atoms with Crippen LogP contribution in [-0.2, 0) is 0 Å². The van der Waals surface area contributed by atoms with Crippen molar-refractivity contribution in [3.05, 3.63) is 47.7 Å². The third kappa shape index (κ3) is 2.54. The first kappa shape index (κ1) is 13.4. The van der Waals surface area contributed by atoms with Crippen LogP contribution in [0.25, 0.3) is 10.9 Å². The number of hydrogen-bond donors (Lipinski definition) is 2. The largest absolute Gasteiger partial charge is 0.466 e. The van der Waals surface area contributed by atoms with Crippen LogP contribution in [0, 0.1) is 13.8 Å². The third-order valence-corrected chi connectivity index (χ3v) is 3.56. The normalized spacial score (nSPS) is 12.5. The van der Waals surface area contributed by atoms with E-state index in [0.717, 1.165) is 33.8 Å². The number of anilines is 2. The van der Waals surface area contributed by atoms with Crippen LogP contribution in [0.2, 0.25) is 0 Å². The molecule has 0 spiro atoms. The minimum absolute atomic E-state index is 0.0955. The van der Waals surface area contributed by atoms with Crippen LogP contribution >= 0.6 is 0 Å². The summed E-state index contributed by atoms with van der Waals surface area (Å²) in [5, 5.41) is 4.38. The van der Waals surface area contributed by atoms with Crippen molar-refractivity contribution in [2.45, 2.75) is 26.8 Å². The molecule has 5 heteroatoms. The van der Waals surface area contributed by atoms with Crippen LogP contribution in [-0.4, -0.2) is 9.97 Å². The van der Waals surface area contributed by atoms with Gasteiger partial charge in [0, 0.05) is 16.6 Å². The first-order chi connectivity index (χ1) is 10.0. The SMILES string of the molecule is Cc1cc(C(C)Nc2ncnc3cc(N)ccc23)c(C)o1. The summed E-state index contributed by atoms with van der Waals surface area (Å²) < 4.78 is 5.59. The molecular formula is C16H18N4O. The molecule has 0 radical (unpaired) electrons. The second-order valence-corrected chi connectivity index (χ2v) is 5.23. The van der Waals surface area contributed by atoms with E-state index in [0.29, 0.717) is 5.69 Å². The van der Waals surface area contributed by atoms with Crippen molar-refractivity contribution in [1.29, 1.82) is 0 Å². The lowest BCUT2D eigenvalue weighted by Crippen LogP contribution is -2.09. The van der Waals surface area contributed by atoms with Gasteiger partial charge in [-0.3, -0.25) is 0 Å². The van der Waals surface area contributed by atoms with E-state index in [-0.39, 0.29) is 6.04 Å². The Bertz CT molecular complexity index is 794. The van der Waals surface area contributed by atoms with Crippen molar-refractivity contribution < 1.29 is 4.42 Å². The lowest BCUT2D eigenvalue weighted by molar-refractivity contribution is 0.500. The molecule has 3 N–H and O–H groups in total. The molecular weight excluding hydrogens is 264 g/mol. The molecule has 0 aliphatic carbocycles. The summed E-state index contributed by atoms with van der Waals surface area (Å²) in [6.45, 7) is 6.01. The summed E-state index contributed by atoms with van der Waals surface area (Å²) in [5.74, 6) is 2.64. The Kier molecular flexibility index (Phi) is 3.25. The van der Waals surface area contributed by atoms with E-state index >= 15 is 0 Å². The Labute approximate surface area is 123 Å². The predicted octanol–water partition coefficient (Wildman–Crippen LogP) is 3.59. The van der Waals surface area contributed by atoms with Crippen LogP contribution in [0.5, 0.6) is 0 Å². The molecule has 1 atom stereocenters. The summed E-state index contributed by atoms with van der Waals surface area (Å²) in [4.78, 5) is 8.60. The maximum atomic E-state index is 5.80. The van der Waals surface area contributed by atoms with Gasteiger partial charge in [-0.2, -0.15) is 0 Å². The zero-order valence-electron chi connectivity index (χ0n) is 12.3. The molecule has 0 fully saturated rings. The van der Waals surface area contributed by atoms with E-state index in [9.17, 15) is 0 Å². The van der Waals surface area contributed by atoms with Crippen molar-refractivity contribution in [3.8, 4) is 0 Å². The fraction of sp³-hybridized carbons (Fsp3) is 0.250. The monoisotopic (exact) mass is 282 g/mol. The second-order valence-electron chi connectivity index (χ2n) is 5.23. The zero-order valence-corrected chi connectivity index (χ0v) is 12.3. The summed E-state index contributed by atoms with van der Waals surface area (Å²) in [6.07, 6.45) is 1.55. The average molecular weight is 282 g/mol. The lowest BCUT2D eigenvalue weighted by atomic mass is 10.1. The molecule has 2 heterocycles. The number of nitrogens with zero attached hydrogens (tertiary/aromatic N) is 2. The Morgan fingerprint density at radius 2 is 2.00 bits per heavy atom. The van der Waals surface area contributed by atoms with E-state index in [1.54, 1.807) is 6.33 Å². The van der Waals surface area contributed by atoms with Gasteiger partial charge in [0.1, 0.15) is 23.7 Å². The zero-order chi connectivity index (χ0) is 15.0. The molecule has 0 aliphatic heterocycles.